The molecule has 0 spiro atoms. The van der Waals surface area contributed by atoms with Crippen molar-refractivity contribution in [3.8, 4) is 0 Å². The van der Waals surface area contributed by atoms with Gasteiger partial charge in [0.2, 0.25) is 5.95 Å². The van der Waals surface area contributed by atoms with Gasteiger partial charge >= 0.3 is 0 Å². The fourth-order valence-corrected chi connectivity index (χ4v) is 2.24. The van der Waals surface area contributed by atoms with Gasteiger partial charge in [-0.1, -0.05) is 0 Å². The molecular weight excluding hydrogens is 268 g/mol. The summed E-state index contributed by atoms with van der Waals surface area (Å²) < 4.78 is 7.19. The van der Waals surface area contributed by atoms with Crippen LogP contribution in [0.1, 0.15) is 10.4 Å². The summed E-state index contributed by atoms with van der Waals surface area (Å²) in [6, 6.07) is 7.62. The molecular formula is C15H16N4O2. The van der Waals surface area contributed by atoms with E-state index in [2.05, 4.69) is 19.9 Å². The van der Waals surface area contributed by atoms with Gasteiger partial charge in [0.05, 0.1) is 6.61 Å². The van der Waals surface area contributed by atoms with Crippen LogP contribution < -0.4 is 5.32 Å². The van der Waals surface area contributed by atoms with Crippen molar-refractivity contribution in [2.75, 3.05) is 19.0 Å². The fraction of sp³-hybridized carbons (Fsp3) is 0.200. The summed E-state index contributed by atoms with van der Waals surface area (Å²) in [6.45, 7) is 1.45. The van der Waals surface area contributed by atoms with Crippen LogP contribution in [0.15, 0.2) is 42.9 Å². The number of amides is 1. The lowest BCUT2D eigenvalue weighted by Gasteiger charge is -2.06. The minimum atomic E-state index is -0.184. The van der Waals surface area contributed by atoms with E-state index >= 15 is 0 Å². The van der Waals surface area contributed by atoms with Gasteiger partial charge in [-0.15, -0.1) is 0 Å². The number of imidazole rings is 1. The fourth-order valence-electron chi connectivity index (χ4n) is 2.24. The monoisotopic (exact) mass is 284 g/mol. The standard InChI is InChI=1S/C15H16N4O2/c1-21-9-8-19-7-4-11-10-12(2-3-13(11)19)14(20)18-15-16-5-6-17-15/h2-7,10H,8-9H2,1H3,(H2,16,17,18,20). The maximum Gasteiger partial charge on any atom is 0.257 e. The van der Waals surface area contributed by atoms with Gasteiger partial charge in [-0.05, 0) is 24.3 Å². The molecule has 0 saturated heterocycles. The predicted molar refractivity (Wildman–Crippen MR) is 80.4 cm³/mol. The van der Waals surface area contributed by atoms with Crippen LogP contribution in [0, 0.1) is 0 Å². The number of carbonyl (C=O) groups excluding carboxylic acids is 1. The second-order valence-electron chi connectivity index (χ2n) is 4.67. The maximum absolute atomic E-state index is 12.1. The molecule has 2 N–H and O–H groups in total. The third-order valence-corrected chi connectivity index (χ3v) is 3.30. The summed E-state index contributed by atoms with van der Waals surface area (Å²) in [5.74, 6) is 0.259. The van der Waals surface area contributed by atoms with E-state index in [1.807, 2.05) is 30.5 Å². The zero-order valence-electron chi connectivity index (χ0n) is 11.7. The molecule has 2 heterocycles. The molecule has 0 saturated carbocycles. The topological polar surface area (TPSA) is 71.9 Å². The molecule has 0 aliphatic rings. The summed E-state index contributed by atoms with van der Waals surface area (Å²) in [7, 11) is 1.68. The molecule has 1 amide bonds. The molecule has 3 rings (SSSR count). The van der Waals surface area contributed by atoms with E-state index < -0.39 is 0 Å². The molecule has 0 bridgehead atoms. The van der Waals surface area contributed by atoms with Crippen LogP contribution in [0.25, 0.3) is 10.9 Å². The Morgan fingerprint density at radius 3 is 3.10 bits per heavy atom. The molecule has 0 aliphatic heterocycles. The van der Waals surface area contributed by atoms with Crippen molar-refractivity contribution >= 4 is 22.8 Å². The first-order valence-electron chi connectivity index (χ1n) is 6.66. The normalized spacial score (nSPS) is 10.9. The van der Waals surface area contributed by atoms with Crippen LogP contribution in [0.2, 0.25) is 0 Å². The summed E-state index contributed by atoms with van der Waals surface area (Å²) in [5.41, 5.74) is 1.69. The Kier molecular flexibility index (Phi) is 3.70. The molecule has 108 valence electrons. The molecule has 1 aromatic carbocycles. The molecule has 2 aromatic heterocycles. The number of hydrogen-bond acceptors (Lipinski definition) is 3. The Balaban J connectivity index is 1.82. The number of nitrogens with one attached hydrogen (secondary N) is 2. The Labute approximate surface area is 121 Å². The summed E-state index contributed by atoms with van der Waals surface area (Å²) in [6.07, 6.45) is 5.25. The number of nitrogens with zero attached hydrogens (tertiary/aromatic N) is 2. The number of carbonyl (C=O) groups is 1. The Morgan fingerprint density at radius 2 is 2.33 bits per heavy atom. The van der Waals surface area contributed by atoms with Gasteiger partial charge in [0.1, 0.15) is 0 Å². The van der Waals surface area contributed by atoms with Gasteiger partial charge in [-0.25, -0.2) is 4.98 Å². The van der Waals surface area contributed by atoms with E-state index in [4.69, 9.17) is 4.74 Å². The van der Waals surface area contributed by atoms with Crippen molar-refractivity contribution in [3.05, 3.63) is 48.4 Å². The summed E-state index contributed by atoms with van der Waals surface area (Å²) in [4.78, 5) is 19.0. The lowest BCUT2D eigenvalue weighted by molar-refractivity contribution is 0.102. The lowest BCUT2D eigenvalue weighted by Crippen LogP contribution is -2.12. The van der Waals surface area contributed by atoms with Crippen LogP contribution in [0.3, 0.4) is 0 Å². The van der Waals surface area contributed by atoms with Gasteiger partial charge in [-0.2, -0.15) is 0 Å². The Hall–Kier alpha value is -2.60. The summed E-state index contributed by atoms with van der Waals surface area (Å²) in [5, 5.41) is 3.74. The first-order chi connectivity index (χ1) is 10.3. The number of rotatable bonds is 5. The van der Waals surface area contributed by atoms with E-state index in [9.17, 15) is 4.79 Å². The van der Waals surface area contributed by atoms with Gasteiger partial charge in [-0.3, -0.25) is 10.1 Å². The average molecular weight is 284 g/mol. The largest absolute Gasteiger partial charge is 0.383 e. The van der Waals surface area contributed by atoms with Crippen LogP contribution >= 0.6 is 0 Å². The van der Waals surface area contributed by atoms with Crippen LogP contribution in [0.4, 0.5) is 5.95 Å². The maximum atomic E-state index is 12.1. The number of anilines is 1. The zero-order valence-corrected chi connectivity index (χ0v) is 11.7. The van der Waals surface area contributed by atoms with Gasteiger partial charge in [0, 0.05) is 48.7 Å². The van der Waals surface area contributed by atoms with E-state index in [-0.39, 0.29) is 5.91 Å². The van der Waals surface area contributed by atoms with E-state index in [1.54, 1.807) is 19.5 Å². The van der Waals surface area contributed by atoms with Crippen molar-refractivity contribution in [2.24, 2.45) is 0 Å². The molecule has 0 unspecified atom stereocenters. The highest BCUT2D eigenvalue weighted by Gasteiger charge is 2.09. The van der Waals surface area contributed by atoms with Crippen molar-refractivity contribution in [1.29, 1.82) is 0 Å². The number of aromatic amines is 1. The second kappa shape index (κ2) is 5.80. The van der Waals surface area contributed by atoms with Gasteiger partial charge in [0.15, 0.2) is 0 Å². The SMILES string of the molecule is COCCn1ccc2cc(C(=O)Nc3ncc[nH]3)ccc21. The van der Waals surface area contributed by atoms with Crippen molar-refractivity contribution in [1.82, 2.24) is 14.5 Å². The number of ether oxygens (including phenoxy) is 1. The molecule has 21 heavy (non-hydrogen) atoms. The van der Waals surface area contributed by atoms with Crippen molar-refractivity contribution in [3.63, 3.8) is 0 Å². The highest BCUT2D eigenvalue weighted by molar-refractivity contribution is 6.05. The number of fused-ring (bicyclic) bond motifs is 1. The highest BCUT2D eigenvalue weighted by atomic mass is 16.5. The van der Waals surface area contributed by atoms with Crippen LogP contribution in [0.5, 0.6) is 0 Å². The van der Waals surface area contributed by atoms with Crippen LogP contribution in [-0.2, 0) is 11.3 Å². The van der Waals surface area contributed by atoms with Gasteiger partial charge in [0.25, 0.3) is 5.91 Å². The van der Waals surface area contributed by atoms with E-state index in [0.29, 0.717) is 18.1 Å². The Morgan fingerprint density at radius 1 is 1.43 bits per heavy atom. The molecule has 6 nitrogen and oxygen atoms in total. The van der Waals surface area contributed by atoms with Crippen LogP contribution in [-0.4, -0.2) is 34.2 Å². The smallest absolute Gasteiger partial charge is 0.257 e. The van der Waals surface area contributed by atoms with Gasteiger partial charge < -0.3 is 14.3 Å². The molecule has 0 aliphatic carbocycles. The highest BCUT2D eigenvalue weighted by Crippen LogP contribution is 2.18. The second-order valence-corrected chi connectivity index (χ2v) is 4.67. The van der Waals surface area contributed by atoms with E-state index in [1.165, 1.54) is 0 Å². The molecule has 6 heteroatoms. The minimum absolute atomic E-state index is 0.184. The molecule has 3 aromatic rings. The minimum Gasteiger partial charge on any atom is -0.383 e. The zero-order chi connectivity index (χ0) is 14.7. The van der Waals surface area contributed by atoms with Crippen molar-refractivity contribution < 1.29 is 9.53 Å². The number of methoxy groups -OCH3 is 1. The average Bonchev–Trinajstić information content (AvgIpc) is 3.14. The molecule has 0 radical (unpaired) electrons. The molecule has 0 atom stereocenters. The third kappa shape index (κ3) is 2.80. The van der Waals surface area contributed by atoms with E-state index in [0.717, 1.165) is 17.4 Å². The Bertz CT molecular complexity index is 746. The third-order valence-electron chi connectivity index (χ3n) is 3.30. The lowest BCUT2D eigenvalue weighted by atomic mass is 10.1. The molecule has 0 fully saturated rings. The summed E-state index contributed by atoms with van der Waals surface area (Å²) >= 11 is 0. The first-order valence-corrected chi connectivity index (χ1v) is 6.66. The quantitative estimate of drug-likeness (QED) is 0.755. The first kappa shape index (κ1) is 13.4. The number of H-pyrrole nitrogens is 1. The van der Waals surface area contributed by atoms with Crippen molar-refractivity contribution in [2.45, 2.75) is 6.54 Å². The number of benzene rings is 1. The predicted octanol–water partition coefficient (Wildman–Crippen LogP) is 2.26. The number of hydrogen-bond donors (Lipinski definition) is 2. The number of aromatic nitrogens is 3.